The molecule has 3 saturated heterocycles. The smallest absolute Gasteiger partial charge is 0.305 e. The Kier molecular flexibility index (Phi) is 50.3. The van der Waals surface area contributed by atoms with Crippen molar-refractivity contribution < 1.29 is 33.2 Å². The maximum absolute atomic E-state index is 11.1. The average molecular weight is 1320 g/mol. The summed E-state index contributed by atoms with van der Waals surface area (Å²) in [5, 5.41) is 0.647. The van der Waals surface area contributed by atoms with Gasteiger partial charge in [-0.25, -0.2) is 19.9 Å². The lowest BCUT2D eigenvalue weighted by Crippen LogP contribution is -2.32. The molecule has 3 aliphatic heterocycles. The number of aromatic nitrogens is 7. The highest BCUT2D eigenvalue weighted by Gasteiger charge is 2.59. The number of morpholine rings is 1. The summed E-state index contributed by atoms with van der Waals surface area (Å²) in [6.45, 7) is 39.6. The van der Waals surface area contributed by atoms with Gasteiger partial charge in [-0.15, -0.1) is 23.2 Å². The predicted octanol–water partition coefficient (Wildman–Crippen LogP) is 19.0. The van der Waals surface area contributed by atoms with Crippen molar-refractivity contribution in [1.82, 2.24) is 39.8 Å². The van der Waals surface area contributed by atoms with Crippen LogP contribution in [0.1, 0.15) is 162 Å². The van der Waals surface area contributed by atoms with Crippen LogP contribution in [-0.2, 0) is 28.5 Å². The lowest BCUT2D eigenvalue weighted by atomic mass is 10.0. The molecule has 91 heavy (non-hydrogen) atoms. The molecular formula is C73H111Cl3N8O7. The van der Waals surface area contributed by atoms with Crippen LogP contribution in [0.15, 0.2) is 141 Å². The molecule has 0 spiro atoms. The summed E-state index contributed by atoms with van der Waals surface area (Å²) in [7, 11) is 2.11. The Labute approximate surface area is 563 Å². The first kappa shape index (κ1) is 85.2. The van der Waals surface area contributed by atoms with E-state index < -0.39 is 4.33 Å². The van der Waals surface area contributed by atoms with Gasteiger partial charge in [-0.1, -0.05) is 123 Å². The van der Waals surface area contributed by atoms with Crippen molar-refractivity contribution in [3.63, 3.8) is 0 Å². The maximum Gasteiger partial charge on any atom is 0.305 e. The summed E-state index contributed by atoms with van der Waals surface area (Å²) in [4.78, 5) is 41.5. The Morgan fingerprint density at radius 1 is 0.670 bits per heavy atom. The molecule has 2 aromatic carbocycles. The molecule has 0 N–H and O–H groups in total. The molecule has 4 aliphatic rings. The third kappa shape index (κ3) is 46.1. The molecule has 2 unspecified atom stereocenters. The fraction of sp³-hybridized carbons (Fsp3) is 0.534. The highest BCUT2D eigenvalue weighted by molar-refractivity contribution is 6.51. The Balaban J connectivity index is 0.00000101. The third-order valence-corrected chi connectivity index (χ3v) is 14.6. The van der Waals surface area contributed by atoms with Gasteiger partial charge in [-0.2, -0.15) is 0 Å². The van der Waals surface area contributed by atoms with Gasteiger partial charge in [0.2, 0.25) is 5.88 Å². The van der Waals surface area contributed by atoms with Crippen LogP contribution in [-0.4, -0.2) is 122 Å². The Morgan fingerprint density at radius 2 is 1.29 bits per heavy atom. The molecule has 4 fully saturated rings. The lowest BCUT2D eigenvalue weighted by molar-refractivity contribution is -0.145. The molecule has 1 aliphatic carbocycles. The molecule has 5 aromatic heterocycles. The van der Waals surface area contributed by atoms with Crippen molar-refractivity contribution >= 4 is 51.8 Å². The van der Waals surface area contributed by atoms with Crippen LogP contribution in [0, 0.1) is 46.0 Å². The fourth-order valence-electron chi connectivity index (χ4n) is 7.21. The number of hydrogen-bond acceptors (Lipinski definition) is 15. The summed E-state index contributed by atoms with van der Waals surface area (Å²) in [6.07, 6.45) is 24.3. The molecule has 8 heterocycles. The molecule has 0 amide bonds. The number of pyridine rings is 3. The van der Waals surface area contributed by atoms with E-state index in [-0.39, 0.29) is 17.7 Å². The first-order valence-corrected chi connectivity index (χ1v) is 33.5. The van der Waals surface area contributed by atoms with Gasteiger partial charge in [0, 0.05) is 85.6 Å². The van der Waals surface area contributed by atoms with Gasteiger partial charge in [-0.05, 0) is 171 Å². The van der Waals surface area contributed by atoms with Gasteiger partial charge in [0.1, 0.15) is 15.9 Å². The molecule has 506 valence electrons. The number of benzene rings is 2. The van der Waals surface area contributed by atoms with E-state index in [1.54, 1.807) is 61.6 Å². The number of rotatable bonds is 10. The second-order valence-corrected chi connectivity index (χ2v) is 23.7. The van der Waals surface area contributed by atoms with E-state index in [9.17, 15) is 4.79 Å². The predicted molar refractivity (Wildman–Crippen MR) is 379 cm³/mol. The maximum atomic E-state index is 11.1. The van der Waals surface area contributed by atoms with E-state index in [4.69, 9.17) is 63.2 Å². The molecule has 0 bridgehead atoms. The number of hydrogen-bond donors (Lipinski definition) is 0. The molecule has 7 aromatic rings. The van der Waals surface area contributed by atoms with Crippen LogP contribution in [0.5, 0.6) is 11.6 Å². The number of esters is 1. The van der Waals surface area contributed by atoms with Crippen molar-refractivity contribution in [3.05, 3.63) is 174 Å². The van der Waals surface area contributed by atoms with Gasteiger partial charge in [0.05, 0.1) is 56.4 Å². The standard InChI is InChI=1S/C15H11ClN2O.C12H24O2.3C6H7N.C5H8Cl2.C5H6N2.C5H11NO.C5H10O.C4H8O2.2C2H6/c1-10-2-5-12(6-3-10)19-15-9-17-14-8-11(16)4-7-13(14)18-15;1-4-7-9-11(6-3)10-14-12(13)8-5-2;1-6-2-4-7-5-3-6;1-6-3-2-4-7-5-6;1-6-4-2-3-5-7-6;1-4(2)3-5(4,6)7;1-5-6-3-2-4-7-5;1-6-2-4-7-5-3-6;1-5-3-2-4-6-5;1-4-5-2-3-6-4;2*1-2/h2-9H,1H3;11H,4-10H2,1-3H3;3*2-5H,1H3;3H2,1-2H3;2-4H,1H3;2-5H2,1H3;5H,2-4H2,1H3;4H,2-3H2,1H3;2*1-2H3. The second kappa shape index (κ2) is 53.7. The first-order chi connectivity index (χ1) is 43.7. The second-order valence-electron chi connectivity index (χ2n) is 21.7. The largest absolute Gasteiger partial charge is 0.465 e. The zero-order chi connectivity index (χ0) is 68.1. The summed E-state index contributed by atoms with van der Waals surface area (Å²) in [5.74, 6) is 2.56. The number of nitrogens with zero attached hydrogens (tertiary/aromatic N) is 8. The summed E-state index contributed by atoms with van der Waals surface area (Å²) >= 11 is 17.3. The topological polar surface area (TPSA) is 166 Å². The summed E-state index contributed by atoms with van der Waals surface area (Å²) < 4.78 is 30.6. The Morgan fingerprint density at radius 3 is 1.66 bits per heavy atom. The number of alkyl halides is 2. The van der Waals surface area contributed by atoms with Crippen LogP contribution in [0.3, 0.4) is 0 Å². The van der Waals surface area contributed by atoms with Crippen molar-refractivity contribution in [2.75, 3.05) is 59.8 Å². The van der Waals surface area contributed by atoms with Crippen LogP contribution >= 0.6 is 34.8 Å². The molecule has 1 saturated carbocycles. The van der Waals surface area contributed by atoms with Crippen molar-refractivity contribution in [2.45, 2.75) is 185 Å². The van der Waals surface area contributed by atoms with Crippen molar-refractivity contribution in [1.29, 1.82) is 0 Å². The van der Waals surface area contributed by atoms with Crippen LogP contribution in [0.2, 0.25) is 5.02 Å². The molecule has 11 rings (SSSR count). The van der Waals surface area contributed by atoms with E-state index in [0.29, 0.717) is 36.0 Å². The highest BCUT2D eigenvalue weighted by atomic mass is 35.5. The summed E-state index contributed by atoms with van der Waals surface area (Å²) in [6, 6.07) is 28.7. The van der Waals surface area contributed by atoms with E-state index in [1.165, 1.54) is 48.8 Å². The zero-order valence-electron chi connectivity index (χ0n) is 58.1. The van der Waals surface area contributed by atoms with E-state index in [2.05, 4.69) is 81.5 Å². The number of likely N-dealkylation sites (N-methyl/N-ethyl adjacent to an activating group) is 1. The van der Waals surface area contributed by atoms with Crippen LogP contribution in [0.4, 0.5) is 0 Å². The third-order valence-electron chi connectivity index (χ3n) is 13.1. The van der Waals surface area contributed by atoms with E-state index >= 15 is 0 Å². The Bertz CT molecular complexity index is 2600. The van der Waals surface area contributed by atoms with E-state index in [1.807, 2.05) is 155 Å². The number of unbranched alkanes of at least 4 members (excludes halogenated alkanes) is 1. The van der Waals surface area contributed by atoms with Crippen LogP contribution < -0.4 is 4.74 Å². The van der Waals surface area contributed by atoms with Gasteiger partial charge in [-0.3, -0.25) is 19.7 Å². The minimum atomic E-state index is -0.410. The molecular weight excluding hydrogens is 1210 g/mol. The van der Waals surface area contributed by atoms with E-state index in [0.717, 1.165) is 93.7 Å². The normalized spacial score (nSPS) is 15.4. The fourth-order valence-corrected chi connectivity index (χ4v) is 8.04. The number of carbonyl (C=O) groups is 1. The zero-order valence-corrected chi connectivity index (χ0v) is 60.4. The molecule has 2 atom stereocenters. The molecule has 0 radical (unpaired) electrons. The molecule has 18 heteroatoms. The lowest BCUT2D eigenvalue weighted by Gasteiger charge is -2.21. The SMILES string of the molecule is CC.CC.CC1(C)CC1(Cl)Cl.CC1CCCO1.CC1OCCO1.CCCCC(CC)COC(=O)CCC.CN1CCOCC1.Cc1ccc(Oc2cnc3cc(Cl)ccc3n2)cc1.Cc1ccccn1.Cc1cccnc1.Cc1ccncc1.Cc1ncccn1. The van der Waals surface area contributed by atoms with Crippen LogP contribution in [0.25, 0.3) is 11.0 Å². The number of halogens is 3. The quantitative estimate of drug-likeness (QED) is 0.0937. The minimum Gasteiger partial charge on any atom is -0.465 e. The number of carbonyl (C=O) groups excluding carboxylic acids is 1. The number of fused-ring (bicyclic) bond motifs is 1. The van der Waals surface area contributed by atoms with Crippen molar-refractivity contribution in [3.8, 4) is 11.6 Å². The van der Waals surface area contributed by atoms with Gasteiger partial charge < -0.3 is 33.3 Å². The molecule has 15 nitrogen and oxygen atoms in total. The number of aryl methyl sites for hydroxylation is 5. The average Bonchev–Trinajstić information content (AvgIpc) is 1.61. The van der Waals surface area contributed by atoms with Crippen molar-refractivity contribution in [2.24, 2.45) is 11.3 Å². The van der Waals surface area contributed by atoms with Gasteiger partial charge in [0.25, 0.3) is 0 Å². The number of ether oxygens (including phenoxy) is 6. The highest BCUT2D eigenvalue weighted by Crippen LogP contribution is 2.63. The monoisotopic (exact) mass is 1320 g/mol. The first-order valence-electron chi connectivity index (χ1n) is 32.3. The van der Waals surface area contributed by atoms with Gasteiger partial charge in [0.15, 0.2) is 6.29 Å². The van der Waals surface area contributed by atoms with Gasteiger partial charge >= 0.3 is 5.97 Å². The Hall–Kier alpha value is -5.75. The summed E-state index contributed by atoms with van der Waals surface area (Å²) in [5.41, 5.74) is 6.42. The minimum absolute atomic E-state index is 0.0394.